The largest absolute Gasteiger partial charge is 0.337 e. The number of piperidine rings is 1. The number of hydroxylamine groups is 1. The number of carbonyl (C=O) groups is 1. The fourth-order valence-electron chi connectivity index (χ4n) is 4.52. The smallest absolute Gasteiger partial charge is 0.289 e. The number of hydrogen-bond donors (Lipinski definition) is 1. The van der Waals surface area contributed by atoms with Crippen molar-refractivity contribution in [3.05, 3.63) is 82.9 Å². The maximum atomic E-state index is 13.7. The van der Waals surface area contributed by atoms with Gasteiger partial charge < -0.3 is 10.2 Å². The number of amides is 1. The Morgan fingerprint density at radius 1 is 1.21 bits per heavy atom. The molecule has 3 atom stereocenters. The molecule has 1 N–H and O–H groups in total. The predicted molar refractivity (Wildman–Crippen MR) is 124 cm³/mol. The van der Waals surface area contributed by atoms with Crippen LogP contribution in [0.2, 0.25) is 0 Å². The number of para-hydroxylation sites is 1. The monoisotopic (exact) mass is 486 g/mol. The molecule has 11 heteroatoms. The van der Waals surface area contributed by atoms with Crippen LogP contribution in [0.25, 0.3) is 0 Å². The van der Waals surface area contributed by atoms with E-state index in [-0.39, 0.29) is 25.0 Å². The Kier molecular flexibility index (Phi) is 7.08. The van der Waals surface area contributed by atoms with Crippen molar-refractivity contribution >= 4 is 21.6 Å². The second-order valence-electron chi connectivity index (χ2n) is 8.31. The number of hydrogen-bond acceptors (Lipinski definition) is 7. The van der Waals surface area contributed by atoms with Gasteiger partial charge in [-0.25, -0.2) is 8.42 Å². The van der Waals surface area contributed by atoms with Crippen molar-refractivity contribution in [2.45, 2.75) is 30.0 Å². The molecule has 2 aromatic rings. The van der Waals surface area contributed by atoms with Crippen LogP contribution in [0.4, 0.5) is 5.69 Å². The summed E-state index contributed by atoms with van der Waals surface area (Å²) in [5.74, 6) is -0.170. The van der Waals surface area contributed by atoms with E-state index in [1.165, 1.54) is 18.2 Å². The van der Waals surface area contributed by atoms with E-state index in [1.807, 2.05) is 18.2 Å². The molecule has 0 unspecified atom stereocenters. The van der Waals surface area contributed by atoms with Gasteiger partial charge in [-0.15, -0.1) is 6.58 Å². The summed E-state index contributed by atoms with van der Waals surface area (Å²) in [5.41, 5.74) is 0.228. The molecule has 0 spiro atoms. The van der Waals surface area contributed by atoms with Gasteiger partial charge in [0.15, 0.2) is 4.90 Å². The molecule has 1 amide bonds. The van der Waals surface area contributed by atoms with Crippen molar-refractivity contribution in [3.8, 4) is 0 Å². The zero-order valence-corrected chi connectivity index (χ0v) is 19.3. The minimum absolute atomic E-state index is 0.0349. The molecule has 180 valence electrons. The number of benzene rings is 2. The second-order valence-corrected chi connectivity index (χ2v) is 10.1. The first kappa shape index (κ1) is 24.0. The van der Waals surface area contributed by atoms with E-state index in [0.29, 0.717) is 19.5 Å². The Balaban J connectivity index is 1.64. The number of fused-ring (bicyclic) bond motifs is 1. The van der Waals surface area contributed by atoms with Crippen molar-refractivity contribution in [2.75, 3.05) is 19.6 Å². The normalized spacial score (nSPS) is 22.6. The molecule has 10 nitrogen and oxygen atoms in total. The lowest BCUT2D eigenvalue weighted by Crippen LogP contribution is -2.55. The van der Waals surface area contributed by atoms with Crippen molar-refractivity contribution in [1.82, 2.24) is 14.7 Å². The second kappa shape index (κ2) is 10.0. The first-order chi connectivity index (χ1) is 16.3. The quantitative estimate of drug-likeness (QED) is 0.327. The highest BCUT2D eigenvalue weighted by Gasteiger charge is 2.47. The molecule has 2 fully saturated rings. The van der Waals surface area contributed by atoms with E-state index < -0.39 is 37.6 Å². The molecule has 0 aromatic heterocycles. The predicted octanol–water partition coefficient (Wildman–Crippen LogP) is 2.09. The number of nitrogens with one attached hydrogen (secondary N) is 1. The third-order valence-corrected chi connectivity index (χ3v) is 7.86. The third-order valence-electron chi connectivity index (χ3n) is 6.08. The lowest BCUT2D eigenvalue weighted by molar-refractivity contribution is -0.388. The van der Waals surface area contributed by atoms with Gasteiger partial charge in [0.25, 0.3) is 15.7 Å². The maximum Gasteiger partial charge on any atom is 0.289 e. The lowest BCUT2D eigenvalue weighted by Gasteiger charge is -2.36. The number of sulfonamides is 1. The summed E-state index contributed by atoms with van der Waals surface area (Å²) >= 11 is 0. The maximum absolute atomic E-state index is 13.7. The van der Waals surface area contributed by atoms with Gasteiger partial charge in [0.2, 0.25) is 5.91 Å². The summed E-state index contributed by atoms with van der Waals surface area (Å²) in [6, 6.07) is 13.2. The topological polar surface area (TPSA) is 122 Å². The summed E-state index contributed by atoms with van der Waals surface area (Å²) in [6.07, 6.45) is 2.02. The fourth-order valence-corrected chi connectivity index (χ4v) is 6.12. The molecule has 0 aliphatic carbocycles. The number of nitro benzene ring substituents is 1. The van der Waals surface area contributed by atoms with Gasteiger partial charge in [-0.3, -0.25) is 19.7 Å². The van der Waals surface area contributed by atoms with Gasteiger partial charge in [0.05, 0.1) is 23.6 Å². The number of rotatable bonds is 9. The first-order valence-electron chi connectivity index (χ1n) is 10.9. The van der Waals surface area contributed by atoms with E-state index in [1.54, 1.807) is 23.1 Å². The molecule has 34 heavy (non-hydrogen) atoms. The summed E-state index contributed by atoms with van der Waals surface area (Å²) < 4.78 is 28.2. The van der Waals surface area contributed by atoms with E-state index in [0.717, 1.165) is 16.1 Å². The van der Waals surface area contributed by atoms with Crippen LogP contribution in [0.5, 0.6) is 0 Å². The number of likely N-dealkylation sites (tertiary alicyclic amines) is 1. The SMILES string of the molecule is C=CCN1C[C@@H]2C[C@@H](N(OCc3ccccc3)S(=O)(=O)c3ccccc3[N+](=O)[O-])CN[C@@H]2C1=O. The van der Waals surface area contributed by atoms with E-state index in [4.69, 9.17) is 4.84 Å². The number of nitro groups is 1. The zero-order valence-electron chi connectivity index (χ0n) is 18.4. The van der Waals surface area contributed by atoms with Gasteiger partial charge in [-0.1, -0.05) is 53.0 Å². The Morgan fingerprint density at radius 3 is 2.62 bits per heavy atom. The molecular weight excluding hydrogens is 460 g/mol. The first-order valence-corrected chi connectivity index (χ1v) is 12.3. The van der Waals surface area contributed by atoms with Crippen molar-refractivity contribution in [1.29, 1.82) is 0 Å². The average Bonchev–Trinajstić information content (AvgIpc) is 3.14. The minimum atomic E-state index is -4.40. The Hall–Kier alpha value is -3.12. The van der Waals surface area contributed by atoms with Crippen LogP contribution in [0.15, 0.2) is 72.1 Å². The molecule has 4 rings (SSSR count). The number of nitrogens with zero attached hydrogens (tertiary/aromatic N) is 3. The van der Waals surface area contributed by atoms with Gasteiger partial charge in [-0.2, -0.15) is 0 Å². The van der Waals surface area contributed by atoms with Crippen LogP contribution >= 0.6 is 0 Å². The van der Waals surface area contributed by atoms with Crippen molar-refractivity contribution < 1.29 is 23.0 Å². The molecule has 2 aliphatic heterocycles. The Morgan fingerprint density at radius 2 is 1.91 bits per heavy atom. The van der Waals surface area contributed by atoms with Gasteiger partial charge in [0, 0.05) is 31.6 Å². The van der Waals surface area contributed by atoms with Crippen LogP contribution in [0.1, 0.15) is 12.0 Å². The molecular formula is C23H26N4O6S. The van der Waals surface area contributed by atoms with Crippen molar-refractivity contribution in [2.24, 2.45) is 5.92 Å². The highest BCUT2D eigenvalue weighted by atomic mass is 32.2. The minimum Gasteiger partial charge on any atom is -0.337 e. The van der Waals surface area contributed by atoms with Crippen LogP contribution in [0, 0.1) is 16.0 Å². The summed E-state index contributed by atoms with van der Waals surface area (Å²) in [5, 5.41) is 14.7. The molecule has 2 saturated heterocycles. The highest BCUT2D eigenvalue weighted by molar-refractivity contribution is 7.89. The summed E-state index contributed by atoms with van der Waals surface area (Å²) in [7, 11) is -4.40. The highest BCUT2D eigenvalue weighted by Crippen LogP contribution is 2.33. The average molecular weight is 487 g/mol. The molecule has 2 heterocycles. The van der Waals surface area contributed by atoms with Crippen LogP contribution in [-0.2, 0) is 26.3 Å². The van der Waals surface area contributed by atoms with Crippen molar-refractivity contribution in [3.63, 3.8) is 0 Å². The fraction of sp³-hybridized carbons (Fsp3) is 0.348. The van der Waals surface area contributed by atoms with Crippen LogP contribution < -0.4 is 5.32 Å². The zero-order chi connectivity index (χ0) is 24.3. The Labute approximate surface area is 198 Å². The molecule has 2 aromatic carbocycles. The molecule has 0 saturated carbocycles. The van der Waals surface area contributed by atoms with Crippen LogP contribution in [-0.4, -0.2) is 60.3 Å². The van der Waals surface area contributed by atoms with Crippen LogP contribution in [0.3, 0.4) is 0 Å². The van der Waals surface area contributed by atoms with Gasteiger partial charge in [0.1, 0.15) is 0 Å². The van der Waals surface area contributed by atoms with E-state index in [2.05, 4.69) is 11.9 Å². The lowest BCUT2D eigenvalue weighted by atomic mass is 9.91. The summed E-state index contributed by atoms with van der Waals surface area (Å²) in [4.78, 5) is 30.5. The molecule has 0 bridgehead atoms. The van der Waals surface area contributed by atoms with Gasteiger partial charge >= 0.3 is 0 Å². The van der Waals surface area contributed by atoms with Gasteiger partial charge in [-0.05, 0) is 18.1 Å². The third kappa shape index (κ3) is 4.73. The molecule has 2 aliphatic rings. The van der Waals surface area contributed by atoms with E-state index >= 15 is 0 Å². The Bertz CT molecular complexity index is 1170. The standard InChI is InChI=1S/C23H26N4O6S/c1-2-12-25-15-18-13-19(14-24-22(18)23(25)28)27(33-16-17-8-4-3-5-9-17)34(31,32)21-11-7-6-10-20(21)26(29)30/h2-11,18-19,22,24H,1,12-16H2/t18-,19+,22-/m0/s1. The number of carbonyl (C=O) groups excluding carboxylic acids is 1. The van der Waals surface area contributed by atoms with E-state index in [9.17, 15) is 23.3 Å². The summed E-state index contributed by atoms with van der Waals surface area (Å²) in [6.45, 7) is 4.71. The molecule has 0 radical (unpaired) electrons.